The fourth-order valence-corrected chi connectivity index (χ4v) is 6.20. The van der Waals surface area contributed by atoms with Gasteiger partial charge in [-0.25, -0.2) is 4.79 Å². The molecular weight excluding hydrogens is 388 g/mol. The molecule has 0 saturated heterocycles. The molecule has 3 aliphatic rings. The van der Waals surface area contributed by atoms with Crippen LogP contribution >= 0.6 is 0 Å². The Morgan fingerprint density at radius 1 is 1.32 bits per heavy atom. The van der Waals surface area contributed by atoms with Gasteiger partial charge in [-0.3, -0.25) is 4.98 Å². The Morgan fingerprint density at radius 3 is 2.81 bits per heavy atom. The van der Waals surface area contributed by atoms with Crippen LogP contribution in [0.5, 0.6) is 0 Å². The number of pyridine rings is 1. The first-order valence-corrected chi connectivity index (χ1v) is 11.4. The monoisotopic (exact) mass is 422 g/mol. The number of aliphatic hydroxyl groups excluding tert-OH is 1. The van der Waals surface area contributed by atoms with Crippen molar-refractivity contribution in [3.63, 3.8) is 0 Å². The van der Waals surface area contributed by atoms with Crippen molar-refractivity contribution in [1.82, 2.24) is 10.3 Å². The molecule has 1 aliphatic heterocycles. The van der Waals surface area contributed by atoms with Crippen molar-refractivity contribution in [1.29, 1.82) is 0 Å². The number of carbonyl (C=O) groups excluding carboxylic acids is 1. The molecule has 0 bridgehead atoms. The predicted molar refractivity (Wildman–Crippen MR) is 121 cm³/mol. The Balaban J connectivity index is 1.54. The maximum absolute atomic E-state index is 11.9. The Labute approximate surface area is 185 Å². The third kappa shape index (κ3) is 4.13. The Hall–Kier alpha value is -2.24. The van der Waals surface area contributed by atoms with Crippen LogP contribution in [-0.4, -0.2) is 35.3 Å². The molecule has 5 nitrogen and oxygen atoms in total. The quantitative estimate of drug-likeness (QED) is 0.536. The number of nitrogens with one attached hydrogen (secondary N) is 1. The van der Waals surface area contributed by atoms with Crippen LogP contribution in [0.15, 0.2) is 60.5 Å². The number of fused-ring (bicyclic) bond motifs is 1. The molecule has 1 aromatic rings. The second-order valence-corrected chi connectivity index (χ2v) is 9.87. The smallest absolute Gasteiger partial charge is 0.338 e. The fraction of sp³-hybridized carbons (Fsp3) is 0.538. The van der Waals surface area contributed by atoms with Crippen LogP contribution in [0.1, 0.15) is 45.1 Å². The van der Waals surface area contributed by atoms with Gasteiger partial charge in [0.15, 0.2) is 0 Å². The van der Waals surface area contributed by atoms with E-state index in [4.69, 9.17) is 4.74 Å². The average Bonchev–Trinajstić information content (AvgIpc) is 3.16. The summed E-state index contributed by atoms with van der Waals surface area (Å²) in [7, 11) is 0. The second-order valence-electron chi connectivity index (χ2n) is 9.87. The number of nitrogens with zero attached hydrogens (tertiary/aromatic N) is 1. The number of cyclic esters (lactones) is 1. The number of aromatic nitrogens is 1. The number of hydrogen-bond acceptors (Lipinski definition) is 5. The number of ether oxygens (including phenoxy) is 1. The van der Waals surface area contributed by atoms with Crippen molar-refractivity contribution < 1.29 is 14.6 Å². The molecule has 0 radical (unpaired) electrons. The topological polar surface area (TPSA) is 71.5 Å². The van der Waals surface area contributed by atoms with Crippen LogP contribution in [0.3, 0.4) is 0 Å². The van der Waals surface area contributed by atoms with Crippen LogP contribution in [0, 0.1) is 22.7 Å². The van der Waals surface area contributed by atoms with Gasteiger partial charge < -0.3 is 15.2 Å². The minimum Gasteiger partial charge on any atom is -0.458 e. The third-order valence-corrected chi connectivity index (χ3v) is 8.02. The molecule has 0 aromatic carbocycles. The molecule has 0 amide bonds. The molecular formula is C26H34N2O3. The van der Waals surface area contributed by atoms with Gasteiger partial charge >= 0.3 is 5.97 Å². The van der Waals surface area contributed by atoms with Gasteiger partial charge in [-0.2, -0.15) is 0 Å². The van der Waals surface area contributed by atoms with E-state index in [-0.39, 0.29) is 28.8 Å². The first-order chi connectivity index (χ1) is 14.8. The van der Waals surface area contributed by atoms with Crippen molar-refractivity contribution in [2.45, 2.75) is 52.2 Å². The van der Waals surface area contributed by atoms with E-state index in [9.17, 15) is 9.90 Å². The highest BCUT2D eigenvalue weighted by Gasteiger charge is 2.57. The van der Waals surface area contributed by atoms with Gasteiger partial charge in [0.05, 0.1) is 11.7 Å². The summed E-state index contributed by atoms with van der Waals surface area (Å²) < 4.78 is 5.04. The lowest BCUT2D eigenvalue weighted by Crippen LogP contribution is -2.58. The molecule has 2 saturated carbocycles. The summed E-state index contributed by atoms with van der Waals surface area (Å²) >= 11 is 0. The maximum atomic E-state index is 11.9. The van der Waals surface area contributed by atoms with E-state index in [0.717, 1.165) is 38.8 Å². The van der Waals surface area contributed by atoms with Crippen molar-refractivity contribution >= 4 is 5.97 Å². The van der Waals surface area contributed by atoms with E-state index in [1.807, 2.05) is 36.7 Å². The maximum Gasteiger partial charge on any atom is 0.338 e. The van der Waals surface area contributed by atoms with Gasteiger partial charge in [-0.15, -0.1) is 0 Å². The number of carbonyl (C=O) groups is 1. The van der Waals surface area contributed by atoms with Crippen LogP contribution in [0.2, 0.25) is 0 Å². The number of hydrogen-bond donors (Lipinski definition) is 2. The number of aliphatic hydroxyl groups is 1. The zero-order valence-electron chi connectivity index (χ0n) is 18.6. The lowest BCUT2D eigenvalue weighted by molar-refractivity contribution is -0.135. The Kier molecular flexibility index (Phi) is 6.18. The molecule has 166 valence electrons. The molecule has 0 spiro atoms. The summed E-state index contributed by atoms with van der Waals surface area (Å²) in [6.45, 7) is 10.9. The molecule has 1 aromatic heterocycles. The molecule has 31 heavy (non-hydrogen) atoms. The largest absolute Gasteiger partial charge is 0.458 e. The lowest BCUT2D eigenvalue weighted by atomic mass is 9.46. The molecule has 5 heteroatoms. The molecule has 4 rings (SSSR count). The van der Waals surface area contributed by atoms with Gasteiger partial charge in [-0.1, -0.05) is 38.2 Å². The summed E-state index contributed by atoms with van der Waals surface area (Å²) in [4.78, 5) is 15.9. The number of esters is 1. The minimum atomic E-state index is -0.334. The molecule has 5 atom stereocenters. The van der Waals surface area contributed by atoms with Gasteiger partial charge in [0, 0.05) is 36.8 Å². The van der Waals surface area contributed by atoms with Crippen molar-refractivity contribution in [3.05, 3.63) is 66.0 Å². The van der Waals surface area contributed by atoms with E-state index in [2.05, 4.69) is 36.8 Å². The average molecular weight is 423 g/mol. The van der Waals surface area contributed by atoms with E-state index in [1.54, 1.807) is 0 Å². The van der Waals surface area contributed by atoms with E-state index in [0.29, 0.717) is 18.1 Å². The molecule has 2 aliphatic carbocycles. The van der Waals surface area contributed by atoms with Crippen molar-refractivity contribution in [3.8, 4) is 0 Å². The van der Waals surface area contributed by atoms with Gasteiger partial charge in [0.25, 0.3) is 0 Å². The molecule has 2 heterocycles. The lowest BCUT2D eigenvalue weighted by Gasteiger charge is -2.60. The zero-order valence-corrected chi connectivity index (χ0v) is 18.6. The van der Waals surface area contributed by atoms with E-state index >= 15 is 0 Å². The van der Waals surface area contributed by atoms with Crippen molar-refractivity contribution in [2.75, 3.05) is 13.2 Å². The van der Waals surface area contributed by atoms with Gasteiger partial charge in [0.2, 0.25) is 0 Å². The predicted octanol–water partition coefficient (Wildman–Crippen LogP) is 3.96. The Morgan fingerprint density at radius 2 is 2.10 bits per heavy atom. The highest BCUT2D eigenvalue weighted by molar-refractivity contribution is 5.93. The molecule has 0 unspecified atom stereocenters. The first-order valence-electron chi connectivity index (χ1n) is 11.4. The molecule has 2 fully saturated rings. The zero-order chi connectivity index (χ0) is 22.1. The molecule has 2 N–H and O–H groups in total. The summed E-state index contributed by atoms with van der Waals surface area (Å²) in [5.41, 5.74) is 2.84. The van der Waals surface area contributed by atoms with E-state index < -0.39 is 0 Å². The van der Waals surface area contributed by atoms with Crippen LogP contribution in [0.4, 0.5) is 0 Å². The first kappa shape index (κ1) is 22.0. The minimum absolute atomic E-state index is 0.00122. The normalized spacial score (nSPS) is 35.7. The summed E-state index contributed by atoms with van der Waals surface area (Å²) in [5.74, 6) is 0.300. The summed E-state index contributed by atoms with van der Waals surface area (Å²) in [6, 6.07) is 4.04. The van der Waals surface area contributed by atoms with Crippen LogP contribution in [0.25, 0.3) is 0 Å². The van der Waals surface area contributed by atoms with Crippen LogP contribution in [-0.2, 0) is 16.1 Å². The summed E-state index contributed by atoms with van der Waals surface area (Å²) in [6.07, 6.45) is 12.9. The summed E-state index contributed by atoms with van der Waals surface area (Å²) in [5, 5.41) is 14.7. The van der Waals surface area contributed by atoms with Crippen LogP contribution < -0.4 is 5.32 Å². The third-order valence-electron chi connectivity index (χ3n) is 8.02. The highest BCUT2D eigenvalue weighted by Crippen LogP contribution is 2.61. The van der Waals surface area contributed by atoms with Gasteiger partial charge in [-0.05, 0) is 60.8 Å². The Bertz CT molecular complexity index is 893. The SMILES string of the molecule is C=C1CC[C@@H]2[C@](C)(CNCc3ccncc3)[C@H](O)CC[C@@]2(C)[C@@H]1/C=C/C1=CCOC1=O. The van der Waals surface area contributed by atoms with Crippen molar-refractivity contribution in [2.24, 2.45) is 22.7 Å². The standard InChI is InChI=1S/C26H34N2O3/c1-18-4-7-22-25(2,21(18)6-5-20-11-15-31-24(20)30)12-8-23(29)26(22,3)17-28-16-19-9-13-27-14-10-19/h5-6,9-11,13-14,21-23,28-29H,1,4,7-8,12,15-17H2,2-3H3/b6-5+/t21-,22+,23-,25+,26+/m1/s1. The highest BCUT2D eigenvalue weighted by atomic mass is 16.5. The second kappa shape index (κ2) is 8.71. The fourth-order valence-electron chi connectivity index (χ4n) is 6.20. The van der Waals surface area contributed by atoms with Gasteiger partial charge in [0.1, 0.15) is 6.61 Å². The van der Waals surface area contributed by atoms with E-state index in [1.165, 1.54) is 11.1 Å². The number of rotatable bonds is 6. The number of allylic oxidation sites excluding steroid dienone is 2.